The lowest BCUT2D eigenvalue weighted by molar-refractivity contribution is -0.132. The van der Waals surface area contributed by atoms with E-state index in [2.05, 4.69) is 15.9 Å². The molecule has 0 heterocycles. The van der Waals surface area contributed by atoms with Crippen LogP contribution in [0.4, 0.5) is 13.2 Å². The van der Waals surface area contributed by atoms with E-state index < -0.39 is 17.6 Å². The van der Waals surface area contributed by atoms with E-state index in [0.717, 1.165) is 5.56 Å². The fourth-order valence-corrected chi connectivity index (χ4v) is 1.39. The number of ether oxygens (including phenoxy) is 1. The van der Waals surface area contributed by atoms with Gasteiger partial charge in [-0.1, -0.05) is 28.1 Å². The van der Waals surface area contributed by atoms with Gasteiger partial charge in [-0.25, -0.2) is 0 Å². The molecule has 1 rings (SSSR count). The highest BCUT2D eigenvalue weighted by molar-refractivity contribution is 9.09. The van der Waals surface area contributed by atoms with Crippen LogP contribution < -0.4 is 4.74 Å². The number of halogens is 4. The summed E-state index contributed by atoms with van der Waals surface area (Å²) < 4.78 is 41.6. The third-order valence-corrected chi connectivity index (χ3v) is 2.91. The first kappa shape index (κ1) is 15.0. The van der Waals surface area contributed by atoms with Gasteiger partial charge in [0.15, 0.2) is 0 Å². The molecule has 100 valence electrons. The van der Waals surface area contributed by atoms with Crippen molar-refractivity contribution in [1.82, 2.24) is 0 Å². The SMILES string of the molecule is CC(=O)Cc1ccc(OCC(Br)C(F)(F)F)cc1. The van der Waals surface area contributed by atoms with Crippen LogP contribution in [0, 0.1) is 0 Å². The molecular formula is C12H12BrF3O2. The monoisotopic (exact) mass is 324 g/mol. The Morgan fingerprint density at radius 2 is 1.89 bits per heavy atom. The molecule has 0 amide bonds. The predicted molar refractivity (Wildman–Crippen MR) is 65.1 cm³/mol. The van der Waals surface area contributed by atoms with Crippen LogP contribution in [0.1, 0.15) is 12.5 Å². The van der Waals surface area contributed by atoms with Crippen molar-refractivity contribution in [1.29, 1.82) is 0 Å². The van der Waals surface area contributed by atoms with Gasteiger partial charge in [-0.3, -0.25) is 4.79 Å². The molecule has 0 fully saturated rings. The molecule has 18 heavy (non-hydrogen) atoms. The molecule has 0 aliphatic carbocycles. The third kappa shape index (κ3) is 5.08. The van der Waals surface area contributed by atoms with Crippen molar-refractivity contribution in [3.8, 4) is 5.75 Å². The maximum atomic E-state index is 12.2. The van der Waals surface area contributed by atoms with Crippen LogP contribution >= 0.6 is 15.9 Å². The summed E-state index contributed by atoms with van der Waals surface area (Å²) in [6.07, 6.45) is -4.02. The molecule has 0 saturated heterocycles. The van der Waals surface area contributed by atoms with Gasteiger partial charge in [0.1, 0.15) is 23.0 Å². The molecule has 0 aromatic heterocycles. The minimum atomic E-state index is -4.32. The molecule has 2 nitrogen and oxygen atoms in total. The average Bonchev–Trinajstić information content (AvgIpc) is 2.25. The van der Waals surface area contributed by atoms with Crippen molar-refractivity contribution in [2.75, 3.05) is 6.61 Å². The standard InChI is InChI=1S/C12H12BrF3O2/c1-8(17)6-9-2-4-10(5-3-9)18-7-11(13)12(14,15)16/h2-5,11H,6-7H2,1H3. The molecule has 0 bridgehead atoms. The second-order valence-corrected chi connectivity index (χ2v) is 4.95. The highest BCUT2D eigenvalue weighted by Gasteiger charge is 2.38. The van der Waals surface area contributed by atoms with Gasteiger partial charge in [0.2, 0.25) is 0 Å². The number of ketones is 1. The lowest BCUT2D eigenvalue weighted by Crippen LogP contribution is -2.28. The largest absolute Gasteiger partial charge is 0.492 e. The summed E-state index contributed by atoms with van der Waals surface area (Å²) in [5.74, 6) is 0.372. The van der Waals surface area contributed by atoms with Crippen molar-refractivity contribution >= 4 is 21.7 Å². The Kier molecular flexibility index (Phi) is 5.19. The van der Waals surface area contributed by atoms with Crippen LogP contribution in [0.5, 0.6) is 5.75 Å². The molecule has 0 saturated carbocycles. The highest BCUT2D eigenvalue weighted by Crippen LogP contribution is 2.27. The molecule has 0 N–H and O–H groups in total. The van der Waals surface area contributed by atoms with E-state index in [-0.39, 0.29) is 5.78 Å². The molecular weight excluding hydrogens is 313 g/mol. The lowest BCUT2D eigenvalue weighted by atomic mass is 10.1. The summed E-state index contributed by atoms with van der Waals surface area (Å²) >= 11 is 2.51. The molecule has 1 unspecified atom stereocenters. The van der Waals surface area contributed by atoms with Crippen LogP contribution in [-0.2, 0) is 11.2 Å². The maximum Gasteiger partial charge on any atom is 0.404 e. The minimum absolute atomic E-state index is 0.0289. The normalized spacial score (nSPS) is 13.2. The topological polar surface area (TPSA) is 26.3 Å². The van der Waals surface area contributed by atoms with Crippen LogP contribution in [-0.4, -0.2) is 23.4 Å². The number of hydrogen-bond donors (Lipinski definition) is 0. The van der Waals surface area contributed by atoms with E-state index in [1.54, 1.807) is 24.3 Å². The zero-order valence-corrected chi connectivity index (χ0v) is 11.2. The lowest BCUT2D eigenvalue weighted by Gasteiger charge is -2.14. The van der Waals surface area contributed by atoms with Gasteiger partial charge >= 0.3 is 6.18 Å². The van der Waals surface area contributed by atoms with Crippen molar-refractivity contribution in [2.45, 2.75) is 24.3 Å². The van der Waals surface area contributed by atoms with Gasteiger partial charge in [-0.05, 0) is 24.6 Å². The summed E-state index contributed by atoms with van der Waals surface area (Å²) in [7, 11) is 0. The van der Waals surface area contributed by atoms with Gasteiger partial charge in [0.05, 0.1) is 0 Å². The number of Topliss-reactive ketones (excluding diaryl/α,β-unsaturated/α-hetero) is 1. The molecule has 1 aromatic carbocycles. The van der Waals surface area contributed by atoms with Crippen LogP contribution in [0.25, 0.3) is 0 Å². The van der Waals surface area contributed by atoms with E-state index in [0.29, 0.717) is 12.2 Å². The molecule has 0 aliphatic heterocycles. The van der Waals surface area contributed by atoms with Gasteiger partial charge in [-0.15, -0.1) is 0 Å². The van der Waals surface area contributed by atoms with Gasteiger partial charge in [0.25, 0.3) is 0 Å². The quantitative estimate of drug-likeness (QED) is 0.774. The fraction of sp³-hybridized carbons (Fsp3) is 0.417. The Hall–Kier alpha value is -1.04. The number of carbonyl (C=O) groups is 1. The number of benzene rings is 1. The third-order valence-electron chi connectivity index (χ3n) is 2.13. The summed E-state index contributed by atoms with van der Waals surface area (Å²) in [6.45, 7) is 0.985. The Labute approximate surface area is 111 Å². The summed E-state index contributed by atoms with van der Waals surface area (Å²) in [5.41, 5.74) is 0.807. The van der Waals surface area contributed by atoms with E-state index in [1.165, 1.54) is 6.92 Å². The number of alkyl halides is 4. The van der Waals surface area contributed by atoms with E-state index in [1.807, 2.05) is 0 Å². The van der Waals surface area contributed by atoms with Gasteiger partial charge in [0, 0.05) is 6.42 Å². The Balaban J connectivity index is 2.51. The van der Waals surface area contributed by atoms with Crippen LogP contribution in [0.2, 0.25) is 0 Å². The summed E-state index contributed by atoms with van der Waals surface area (Å²) in [4.78, 5) is 9.17. The first-order chi connectivity index (χ1) is 8.29. The molecule has 6 heteroatoms. The zero-order valence-electron chi connectivity index (χ0n) is 9.63. The molecule has 0 radical (unpaired) electrons. The molecule has 1 atom stereocenters. The van der Waals surface area contributed by atoms with Crippen LogP contribution in [0.3, 0.4) is 0 Å². The van der Waals surface area contributed by atoms with Crippen molar-refractivity contribution < 1.29 is 22.7 Å². The van der Waals surface area contributed by atoms with E-state index >= 15 is 0 Å². The Morgan fingerprint density at radius 3 is 2.33 bits per heavy atom. The van der Waals surface area contributed by atoms with Crippen molar-refractivity contribution in [2.24, 2.45) is 0 Å². The van der Waals surface area contributed by atoms with Crippen molar-refractivity contribution in [3.05, 3.63) is 29.8 Å². The minimum Gasteiger partial charge on any atom is -0.492 e. The smallest absolute Gasteiger partial charge is 0.404 e. The van der Waals surface area contributed by atoms with Gasteiger partial charge in [-0.2, -0.15) is 13.2 Å². The highest BCUT2D eigenvalue weighted by atomic mass is 79.9. The zero-order chi connectivity index (χ0) is 13.8. The molecule has 0 aliphatic rings. The fourth-order valence-electron chi connectivity index (χ4n) is 1.25. The second-order valence-electron chi connectivity index (χ2n) is 3.84. The maximum absolute atomic E-state index is 12.2. The first-order valence-corrected chi connectivity index (χ1v) is 6.12. The van der Waals surface area contributed by atoms with E-state index in [4.69, 9.17) is 4.74 Å². The van der Waals surface area contributed by atoms with Gasteiger partial charge < -0.3 is 4.74 Å². The predicted octanol–water partition coefficient (Wildman–Crippen LogP) is 3.52. The second kappa shape index (κ2) is 6.22. The Morgan fingerprint density at radius 1 is 1.33 bits per heavy atom. The number of rotatable bonds is 5. The van der Waals surface area contributed by atoms with Crippen molar-refractivity contribution in [3.63, 3.8) is 0 Å². The first-order valence-electron chi connectivity index (χ1n) is 5.21. The molecule has 1 aromatic rings. The molecule has 0 spiro atoms. The van der Waals surface area contributed by atoms with E-state index in [9.17, 15) is 18.0 Å². The summed E-state index contributed by atoms with van der Waals surface area (Å²) in [5, 5.41) is 0. The Bertz CT molecular complexity index is 401. The van der Waals surface area contributed by atoms with Crippen LogP contribution in [0.15, 0.2) is 24.3 Å². The average molecular weight is 325 g/mol. The number of carbonyl (C=O) groups excluding carboxylic acids is 1. The number of hydrogen-bond acceptors (Lipinski definition) is 2. The summed E-state index contributed by atoms with van der Waals surface area (Å²) in [6, 6.07) is 6.42.